The second-order valence-electron chi connectivity index (χ2n) is 16.5. The zero-order chi connectivity index (χ0) is 53.3. The van der Waals surface area contributed by atoms with Crippen LogP contribution in [0.4, 0.5) is 9.59 Å². The third kappa shape index (κ3) is 58.1. The molecule has 0 spiro atoms. The first kappa shape index (κ1) is 73.2. The van der Waals surface area contributed by atoms with Gasteiger partial charge in [0.1, 0.15) is 11.2 Å². The standard InChI is InChI=1S/C15H30N2O6.C10H22N2O4.C10H15NO6.C9H20N2O3.CH4/c1-15(2,3)23-14(19)17-22-9-6-5-8-16-13(18)7-10-21-12-11-20-4;1-14-8-9-15-7-4-10(13)12-5-2-3-6-16-11;1-15-6-7-16-5-4-10(14)17-11-8(12)2-3-9(11)13;1-9(2,3)14-8(12)11-13-7-5-4-6-10;/h5-12H2,1-4H3,(H,16,18)(H,17,19);2-9,11H2,1H3,(H,12,13);2-7H2,1H3;4-7,10H2,1-3H3,(H,11,12);1H4. The summed E-state index contributed by atoms with van der Waals surface area (Å²) in [4.78, 5) is 97.3. The first-order chi connectivity index (χ1) is 33.3. The van der Waals surface area contributed by atoms with Crippen LogP contribution in [0.3, 0.4) is 0 Å². The van der Waals surface area contributed by atoms with Gasteiger partial charge in [0.05, 0.1) is 85.7 Å². The lowest BCUT2D eigenvalue weighted by molar-refractivity contribution is -0.198. The van der Waals surface area contributed by atoms with E-state index in [9.17, 15) is 33.6 Å². The number of nitrogens with one attached hydrogen (secondary N) is 4. The molecule has 0 unspecified atom stereocenters. The predicted molar refractivity (Wildman–Crippen MR) is 259 cm³/mol. The number of rotatable bonds is 35. The van der Waals surface area contributed by atoms with Crippen molar-refractivity contribution in [2.24, 2.45) is 11.6 Å². The molecule has 6 amide bonds. The maximum absolute atomic E-state index is 11.5. The van der Waals surface area contributed by atoms with E-state index in [1.54, 1.807) is 62.9 Å². The number of amides is 6. The quantitative estimate of drug-likeness (QED) is 0.0302. The summed E-state index contributed by atoms with van der Waals surface area (Å²) in [7, 11) is 4.76. The Bertz CT molecular complexity index is 1320. The summed E-state index contributed by atoms with van der Waals surface area (Å²) in [5.74, 6) is 3.20. The van der Waals surface area contributed by atoms with Crippen molar-refractivity contribution in [2.75, 3.05) is 120 Å². The molecule has 1 aliphatic rings. The lowest BCUT2D eigenvalue weighted by Crippen LogP contribution is -2.32. The minimum atomic E-state index is -0.661. The van der Waals surface area contributed by atoms with Crippen molar-refractivity contribution in [2.45, 2.75) is 131 Å². The van der Waals surface area contributed by atoms with Crippen LogP contribution in [0.2, 0.25) is 0 Å². The largest absolute Gasteiger partial charge is 0.442 e. The Morgan fingerprint density at radius 1 is 0.535 bits per heavy atom. The highest BCUT2D eigenvalue weighted by molar-refractivity contribution is 6.01. The SMILES string of the molecule is C.CC(C)(C)OC(=O)NOCCCCN.COCCOCCC(=O)NCCCCON.COCCOCCC(=O)NCCCCONC(=O)OC(C)(C)C.COCCOCCC(=O)ON1C(=O)CCC1=O. The van der Waals surface area contributed by atoms with Crippen molar-refractivity contribution >= 4 is 41.8 Å². The van der Waals surface area contributed by atoms with Gasteiger partial charge >= 0.3 is 18.2 Å². The summed E-state index contributed by atoms with van der Waals surface area (Å²) in [5.41, 5.74) is 8.64. The molecule has 0 bridgehead atoms. The summed E-state index contributed by atoms with van der Waals surface area (Å²) in [6, 6.07) is 0. The van der Waals surface area contributed by atoms with Crippen molar-refractivity contribution in [3.8, 4) is 0 Å². The minimum absolute atomic E-state index is 0. The number of nitrogens with two attached hydrogens (primary N) is 2. The van der Waals surface area contributed by atoms with E-state index in [4.69, 9.17) is 59.2 Å². The minimum Gasteiger partial charge on any atom is -0.442 e. The van der Waals surface area contributed by atoms with Gasteiger partial charge in [0.25, 0.3) is 11.8 Å². The number of carbonyl (C=O) groups is 7. The lowest BCUT2D eigenvalue weighted by Gasteiger charge is -2.19. The predicted octanol–water partition coefficient (Wildman–Crippen LogP) is 2.68. The van der Waals surface area contributed by atoms with Gasteiger partial charge < -0.3 is 63.9 Å². The Balaban J connectivity index is -0.000000427. The lowest BCUT2D eigenvalue weighted by atomic mass is 10.2. The Labute approximate surface area is 421 Å². The monoisotopic (exact) mass is 1030 g/mol. The maximum Gasteiger partial charge on any atom is 0.431 e. The molecule has 8 N–H and O–H groups in total. The number of methoxy groups -OCH3 is 3. The van der Waals surface area contributed by atoms with Crippen molar-refractivity contribution in [3.05, 3.63) is 0 Å². The summed E-state index contributed by atoms with van der Waals surface area (Å²) in [6.07, 6.45) is 4.61. The molecule has 26 heteroatoms. The van der Waals surface area contributed by atoms with E-state index in [0.29, 0.717) is 117 Å². The van der Waals surface area contributed by atoms with Crippen LogP contribution in [0.15, 0.2) is 0 Å². The molecule has 1 aliphatic heterocycles. The molecule has 1 rings (SSSR count). The molecule has 26 nitrogen and oxygen atoms in total. The molecule has 1 saturated heterocycles. The fourth-order valence-electron chi connectivity index (χ4n) is 4.40. The normalized spacial score (nSPS) is 11.8. The van der Waals surface area contributed by atoms with Gasteiger partial charge in [-0.25, -0.2) is 20.3 Å². The van der Waals surface area contributed by atoms with Gasteiger partial charge in [0.15, 0.2) is 0 Å². The zero-order valence-electron chi connectivity index (χ0n) is 43.2. The molecule has 0 aromatic carbocycles. The van der Waals surface area contributed by atoms with Crippen LogP contribution in [0.1, 0.15) is 120 Å². The van der Waals surface area contributed by atoms with Gasteiger partial charge in [0, 0.05) is 60.1 Å². The Hall–Kier alpha value is -4.35. The molecule has 0 aliphatic carbocycles. The van der Waals surface area contributed by atoms with Crippen molar-refractivity contribution < 1.29 is 90.8 Å². The fourth-order valence-corrected chi connectivity index (χ4v) is 4.40. The topological polar surface area (TPSA) is 334 Å². The van der Waals surface area contributed by atoms with E-state index in [1.165, 1.54) is 0 Å². The Kier molecular flexibility index (Phi) is 52.1. The molecule has 0 aromatic heterocycles. The maximum atomic E-state index is 11.5. The van der Waals surface area contributed by atoms with Crippen LogP contribution in [0, 0.1) is 0 Å². The molecular formula is C45H91N7O19. The van der Waals surface area contributed by atoms with Crippen molar-refractivity contribution in [1.29, 1.82) is 0 Å². The summed E-state index contributed by atoms with van der Waals surface area (Å²) >= 11 is 0. The second kappa shape index (κ2) is 50.6. The summed E-state index contributed by atoms with van der Waals surface area (Å²) < 4.78 is 39.7. The smallest absolute Gasteiger partial charge is 0.431 e. The second-order valence-corrected chi connectivity index (χ2v) is 16.5. The average molecular weight is 1030 g/mol. The first-order valence-electron chi connectivity index (χ1n) is 23.3. The van der Waals surface area contributed by atoms with Crippen molar-refractivity contribution in [3.63, 3.8) is 0 Å². The number of hydrogen-bond acceptors (Lipinski definition) is 21. The Morgan fingerprint density at radius 2 is 0.915 bits per heavy atom. The Morgan fingerprint density at radius 3 is 1.28 bits per heavy atom. The van der Waals surface area contributed by atoms with E-state index in [1.807, 2.05) is 0 Å². The van der Waals surface area contributed by atoms with Crippen LogP contribution < -0.4 is 33.2 Å². The number of hydrogen-bond donors (Lipinski definition) is 6. The molecule has 0 radical (unpaired) electrons. The highest BCUT2D eigenvalue weighted by Crippen LogP contribution is 2.12. The first-order valence-corrected chi connectivity index (χ1v) is 23.3. The summed E-state index contributed by atoms with van der Waals surface area (Å²) in [6.45, 7) is 17.8. The van der Waals surface area contributed by atoms with Gasteiger partial charge in [-0.3, -0.25) is 28.9 Å². The number of ether oxygens (including phenoxy) is 8. The van der Waals surface area contributed by atoms with Gasteiger partial charge in [-0.15, -0.1) is 5.06 Å². The molecule has 1 heterocycles. The molecule has 0 aromatic rings. The fraction of sp³-hybridized carbons (Fsp3) is 0.844. The molecule has 420 valence electrons. The van der Waals surface area contributed by atoms with E-state index in [2.05, 4.69) is 31.3 Å². The van der Waals surface area contributed by atoms with Crippen LogP contribution >= 0.6 is 0 Å². The van der Waals surface area contributed by atoms with Crippen LogP contribution in [0.5, 0.6) is 0 Å². The number of hydroxylamine groups is 4. The van der Waals surface area contributed by atoms with E-state index in [0.717, 1.165) is 32.1 Å². The number of carbonyl (C=O) groups excluding carboxylic acids is 7. The zero-order valence-corrected chi connectivity index (χ0v) is 43.2. The molecule has 1 fully saturated rings. The third-order valence-electron chi connectivity index (χ3n) is 7.71. The number of nitrogens with zero attached hydrogens (tertiary/aromatic N) is 1. The van der Waals surface area contributed by atoms with E-state index < -0.39 is 41.2 Å². The van der Waals surface area contributed by atoms with Crippen LogP contribution in [-0.2, 0) is 81.2 Å². The average Bonchev–Trinajstić information content (AvgIpc) is 3.60. The third-order valence-corrected chi connectivity index (χ3v) is 7.71. The highest BCUT2D eigenvalue weighted by Gasteiger charge is 2.32. The molecule has 0 atom stereocenters. The summed E-state index contributed by atoms with van der Waals surface area (Å²) in [5, 5.41) is 6.10. The van der Waals surface area contributed by atoms with Gasteiger partial charge in [0.2, 0.25) is 11.8 Å². The number of imide groups is 1. The van der Waals surface area contributed by atoms with Gasteiger partial charge in [-0.1, -0.05) is 7.43 Å². The van der Waals surface area contributed by atoms with E-state index >= 15 is 0 Å². The van der Waals surface area contributed by atoms with Crippen LogP contribution in [0.25, 0.3) is 0 Å². The van der Waals surface area contributed by atoms with Crippen molar-refractivity contribution in [1.82, 2.24) is 26.7 Å². The molecule has 0 saturated carbocycles. The van der Waals surface area contributed by atoms with Crippen LogP contribution in [-0.4, -0.2) is 178 Å². The molecule has 71 heavy (non-hydrogen) atoms. The number of unbranched alkanes of at least 4 members (excludes halogenated alkanes) is 3. The van der Waals surface area contributed by atoms with E-state index in [-0.39, 0.29) is 45.1 Å². The highest BCUT2D eigenvalue weighted by atomic mass is 16.7. The van der Waals surface area contributed by atoms with Gasteiger partial charge in [-0.2, -0.15) is 11.0 Å². The molecular weight excluding hydrogens is 943 g/mol. The van der Waals surface area contributed by atoms with Gasteiger partial charge in [-0.05, 0) is 86.6 Å².